The first-order valence-corrected chi connectivity index (χ1v) is 5.99. The summed E-state index contributed by atoms with van der Waals surface area (Å²) in [5.41, 5.74) is 0.318. The average Bonchev–Trinajstić information content (AvgIpc) is 2.81. The minimum atomic E-state index is -0.512. The van der Waals surface area contributed by atoms with Gasteiger partial charge in [-0.2, -0.15) is 0 Å². The van der Waals surface area contributed by atoms with E-state index in [1.165, 1.54) is 24.3 Å². The van der Waals surface area contributed by atoms with Gasteiger partial charge in [-0.25, -0.2) is 0 Å². The summed E-state index contributed by atoms with van der Waals surface area (Å²) in [6.07, 6.45) is -0.447. The van der Waals surface area contributed by atoms with Crippen LogP contribution in [0.15, 0.2) is 24.3 Å². The van der Waals surface area contributed by atoms with Gasteiger partial charge >= 0.3 is 0 Å². The van der Waals surface area contributed by atoms with Gasteiger partial charge in [-0.05, 0) is 12.1 Å². The number of non-ortho nitro benzene ring substituents is 1. The Morgan fingerprint density at radius 1 is 1.42 bits per heavy atom. The highest BCUT2D eigenvalue weighted by Gasteiger charge is 2.25. The molecule has 2 unspecified atom stereocenters. The number of rotatable bonds is 4. The summed E-state index contributed by atoms with van der Waals surface area (Å²) in [6.45, 7) is 1.59. The van der Waals surface area contributed by atoms with E-state index in [2.05, 4.69) is 10.6 Å². The number of nitrogens with zero attached hydrogens (tertiary/aromatic N) is 1. The number of β-amino-alcohol motifs (C(OH)–C–C–N with tert-alkyl or cyclic N) is 1. The van der Waals surface area contributed by atoms with Crippen LogP contribution in [0.5, 0.6) is 0 Å². The zero-order chi connectivity index (χ0) is 13.8. The second kappa shape index (κ2) is 5.77. The normalized spacial score (nSPS) is 22.2. The zero-order valence-corrected chi connectivity index (χ0v) is 10.2. The molecular formula is C12H15N3O4. The van der Waals surface area contributed by atoms with Gasteiger partial charge in [0.05, 0.1) is 11.0 Å². The molecule has 7 nitrogen and oxygen atoms in total. The molecule has 1 aromatic carbocycles. The molecule has 102 valence electrons. The Morgan fingerprint density at radius 3 is 2.63 bits per heavy atom. The number of nitro groups is 1. The van der Waals surface area contributed by atoms with Crippen LogP contribution in [0.25, 0.3) is 0 Å². The maximum atomic E-state index is 11.8. The van der Waals surface area contributed by atoms with Crippen LogP contribution in [-0.4, -0.2) is 41.7 Å². The van der Waals surface area contributed by atoms with Crippen molar-refractivity contribution in [2.45, 2.75) is 6.10 Å². The number of benzene rings is 1. The molecule has 0 saturated carbocycles. The smallest absolute Gasteiger partial charge is 0.269 e. The minimum Gasteiger partial charge on any atom is -0.391 e. The fraction of sp³-hybridized carbons (Fsp3) is 0.417. The van der Waals surface area contributed by atoms with E-state index in [0.29, 0.717) is 25.2 Å². The second-order valence-electron chi connectivity index (χ2n) is 4.50. The Morgan fingerprint density at radius 2 is 2.11 bits per heavy atom. The quantitative estimate of drug-likeness (QED) is 0.521. The van der Waals surface area contributed by atoms with Crippen LogP contribution >= 0.6 is 0 Å². The summed E-state index contributed by atoms with van der Waals surface area (Å²) >= 11 is 0. The average molecular weight is 265 g/mol. The van der Waals surface area contributed by atoms with E-state index in [4.69, 9.17) is 0 Å². The van der Waals surface area contributed by atoms with Crippen molar-refractivity contribution in [2.24, 2.45) is 5.92 Å². The predicted molar refractivity (Wildman–Crippen MR) is 67.8 cm³/mol. The van der Waals surface area contributed by atoms with Crippen molar-refractivity contribution in [2.75, 3.05) is 19.6 Å². The van der Waals surface area contributed by atoms with Crippen LogP contribution < -0.4 is 10.6 Å². The first kappa shape index (κ1) is 13.4. The van der Waals surface area contributed by atoms with Crippen molar-refractivity contribution in [1.82, 2.24) is 10.6 Å². The van der Waals surface area contributed by atoms with Gasteiger partial charge in [-0.3, -0.25) is 14.9 Å². The van der Waals surface area contributed by atoms with E-state index in [1.54, 1.807) is 0 Å². The largest absolute Gasteiger partial charge is 0.391 e. The molecule has 1 amide bonds. The summed E-state index contributed by atoms with van der Waals surface area (Å²) in [7, 11) is 0. The van der Waals surface area contributed by atoms with E-state index >= 15 is 0 Å². The molecule has 1 aromatic rings. The Bertz CT molecular complexity index is 474. The Hall–Kier alpha value is -1.99. The number of nitrogens with one attached hydrogen (secondary N) is 2. The summed E-state index contributed by atoms with van der Waals surface area (Å²) in [5, 5.41) is 25.8. The van der Waals surface area contributed by atoms with Crippen molar-refractivity contribution >= 4 is 11.6 Å². The van der Waals surface area contributed by atoms with E-state index in [-0.39, 0.29) is 17.5 Å². The molecule has 19 heavy (non-hydrogen) atoms. The van der Waals surface area contributed by atoms with Crippen molar-refractivity contribution < 1.29 is 14.8 Å². The highest BCUT2D eigenvalue weighted by atomic mass is 16.6. The molecule has 0 spiro atoms. The minimum absolute atomic E-state index is 0.00185. The number of hydrogen-bond acceptors (Lipinski definition) is 5. The number of hydrogen-bond donors (Lipinski definition) is 3. The lowest BCUT2D eigenvalue weighted by atomic mass is 10.1. The van der Waals surface area contributed by atoms with E-state index < -0.39 is 11.0 Å². The lowest BCUT2D eigenvalue weighted by Crippen LogP contribution is -2.34. The van der Waals surface area contributed by atoms with Crippen LogP contribution in [-0.2, 0) is 0 Å². The lowest BCUT2D eigenvalue weighted by molar-refractivity contribution is -0.384. The third-order valence-corrected chi connectivity index (χ3v) is 3.17. The fourth-order valence-electron chi connectivity index (χ4n) is 1.99. The molecule has 1 aliphatic heterocycles. The van der Waals surface area contributed by atoms with Crippen LogP contribution in [0.4, 0.5) is 5.69 Å². The van der Waals surface area contributed by atoms with Gasteiger partial charge in [0.25, 0.3) is 11.6 Å². The highest BCUT2D eigenvalue weighted by molar-refractivity contribution is 5.94. The molecule has 0 aromatic heterocycles. The summed E-state index contributed by atoms with van der Waals surface area (Å²) in [6, 6.07) is 5.41. The van der Waals surface area contributed by atoms with Crippen molar-refractivity contribution in [3.05, 3.63) is 39.9 Å². The van der Waals surface area contributed by atoms with Crippen LogP contribution in [0.1, 0.15) is 10.4 Å². The summed E-state index contributed by atoms with van der Waals surface area (Å²) < 4.78 is 0. The summed E-state index contributed by atoms with van der Waals surface area (Å²) in [5.74, 6) is -0.295. The monoisotopic (exact) mass is 265 g/mol. The highest BCUT2D eigenvalue weighted by Crippen LogP contribution is 2.12. The third kappa shape index (κ3) is 3.27. The first-order chi connectivity index (χ1) is 9.08. The number of carbonyl (C=O) groups excluding carboxylic acids is 1. The SMILES string of the molecule is O=C(NCC1CNCC1O)c1ccc([N+](=O)[O-])cc1. The van der Waals surface area contributed by atoms with Gasteiger partial charge in [0.1, 0.15) is 0 Å². The van der Waals surface area contributed by atoms with E-state index in [9.17, 15) is 20.0 Å². The molecule has 1 aliphatic rings. The first-order valence-electron chi connectivity index (χ1n) is 5.99. The maximum absolute atomic E-state index is 11.8. The molecule has 2 rings (SSSR count). The van der Waals surface area contributed by atoms with Gasteiger partial charge in [0, 0.05) is 43.2 Å². The van der Waals surface area contributed by atoms with Crippen molar-refractivity contribution in [3.63, 3.8) is 0 Å². The Labute approximate surface area is 109 Å². The van der Waals surface area contributed by atoms with Gasteiger partial charge in [-0.1, -0.05) is 0 Å². The molecule has 7 heteroatoms. The molecule has 2 atom stereocenters. The van der Waals surface area contributed by atoms with E-state index in [0.717, 1.165) is 0 Å². The van der Waals surface area contributed by atoms with Crippen LogP contribution in [0, 0.1) is 16.0 Å². The molecular weight excluding hydrogens is 250 g/mol. The Balaban J connectivity index is 1.90. The van der Waals surface area contributed by atoms with Crippen LogP contribution in [0.2, 0.25) is 0 Å². The number of amides is 1. The van der Waals surface area contributed by atoms with Crippen LogP contribution in [0.3, 0.4) is 0 Å². The zero-order valence-electron chi connectivity index (χ0n) is 10.2. The number of carbonyl (C=O) groups is 1. The molecule has 1 heterocycles. The van der Waals surface area contributed by atoms with Gasteiger partial charge in [-0.15, -0.1) is 0 Å². The molecule has 0 aliphatic carbocycles. The summed E-state index contributed by atoms with van der Waals surface area (Å²) in [4.78, 5) is 21.8. The van der Waals surface area contributed by atoms with Crippen molar-refractivity contribution in [3.8, 4) is 0 Å². The fourth-order valence-corrected chi connectivity index (χ4v) is 1.99. The number of aliphatic hydroxyl groups excluding tert-OH is 1. The predicted octanol–water partition coefficient (Wildman–Crippen LogP) is -0.0951. The molecule has 0 radical (unpaired) electrons. The van der Waals surface area contributed by atoms with Gasteiger partial charge in [0.2, 0.25) is 0 Å². The van der Waals surface area contributed by atoms with Gasteiger partial charge < -0.3 is 15.7 Å². The van der Waals surface area contributed by atoms with E-state index in [1.807, 2.05) is 0 Å². The second-order valence-corrected chi connectivity index (χ2v) is 4.50. The maximum Gasteiger partial charge on any atom is 0.269 e. The van der Waals surface area contributed by atoms with Crippen molar-refractivity contribution in [1.29, 1.82) is 0 Å². The Kier molecular flexibility index (Phi) is 4.08. The molecule has 1 fully saturated rings. The molecule has 3 N–H and O–H groups in total. The molecule has 1 saturated heterocycles. The standard InChI is InChI=1S/C12H15N3O4/c16-11-7-13-5-9(11)6-14-12(17)8-1-3-10(4-2-8)15(18)19/h1-4,9,11,13,16H,5-7H2,(H,14,17). The van der Waals surface area contributed by atoms with Gasteiger partial charge in [0.15, 0.2) is 0 Å². The molecule has 0 bridgehead atoms. The topological polar surface area (TPSA) is 104 Å². The lowest BCUT2D eigenvalue weighted by Gasteiger charge is -2.13. The third-order valence-electron chi connectivity index (χ3n) is 3.17. The number of aliphatic hydroxyl groups is 1. The number of nitro benzene ring substituents is 1.